The second kappa shape index (κ2) is 11.4. The second-order valence-electron chi connectivity index (χ2n) is 4.37. The van der Waals surface area contributed by atoms with E-state index in [1.807, 2.05) is 0 Å². The van der Waals surface area contributed by atoms with E-state index >= 15 is 0 Å². The minimum absolute atomic E-state index is 0.00810. The van der Waals surface area contributed by atoms with Crippen molar-refractivity contribution in [3.63, 3.8) is 0 Å². The summed E-state index contributed by atoms with van der Waals surface area (Å²) in [7, 11) is 0. The summed E-state index contributed by atoms with van der Waals surface area (Å²) in [6, 6.07) is 0. The lowest BCUT2D eigenvalue weighted by atomic mass is 10.1. The Bertz CT molecular complexity index is 207. The number of carbonyl (C=O) groups excluding carboxylic acids is 1. The van der Waals surface area contributed by atoms with Gasteiger partial charge in [0.1, 0.15) is 6.29 Å². The topological polar surface area (TPSA) is 57.6 Å². The summed E-state index contributed by atoms with van der Waals surface area (Å²) in [4.78, 5) is 22.1. The Kier molecular flexibility index (Phi) is 10.7. The van der Waals surface area contributed by atoms with Crippen molar-refractivity contribution in [1.82, 2.24) is 4.90 Å². The predicted molar refractivity (Wildman–Crippen MR) is 68.3 cm³/mol. The molecule has 0 unspecified atom stereocenters. The lowest BCUT2D eigenvalue weighted by molar-refractivity contribution is -0.108. The van der Waals surface area contributed by atoms with E-state index in [1.54, 1.807) is 0 Å². The Hall–Kier alpha value is -1.06. The first kappa shape index (κ1) is 15.9. The number of carboxylic acid groups (broad SMARTS) is 1. The van der Waals surface area contributed by atoms with E-state index in [0.29, 0.717) is 12.8 Å². The lowest BCUT2D eigenvalue weighted by Gasteiger charge is -2.15. The summed E-state index contributed by atoms with van der Waals surface area (Å²) in [5.74, 6) is 0. The Morgan fingerprint density at radius 3 is 2.06 bits per heavy atom. The third-order valence-electron chi connectivity index (χ3n) is 2.85. The van der Waals surface area contributed by atoms with Crippen LogP contribution >= 0.6 is 0 Å². The van der Waals surface area contributed by atoms with Gasteiger partial charge in [-0.3, -0.25) is 0 Å². The van der Waals surface area contributed by atoms with Gasteiger partial charge in [0.2, 0.25) is 0 Å². The van der Waals surface area contributed by atoms with Gasteiger partial charge >= 0.3 is 6.09 Å². The maximum absolute atomic E-state index is 10.7. The van der Waals surface area contributed by atoms with Gasteiger partial charge in [-0.05, 0) is 6.42 Å². The first-order valence-electron chi connectivity index (χ1n) is 6.63. The van der Waals surface area contributed by atoms with E-state index in [1.165, 1.54) is 37.0 Å². The number of hydrogen-bond donors (Lipinski definition) is 1. The van der Waals surface area contributed by atoms with Crippen molar-refractivity contribution in [2.45, 2.75) is 58.3 Å². The first-order valence-corrected chi connectivity index (χ1v) is 6.63. The minimum Gasteiger partial charge on any atom is -0.465 e. The third kappa shape index (κ3) is 9.85. The van der Waals surface area contributed by atoms with E-state index < -0.39 is 6.09 Å². The molecule has 1 N–H and O–H groups in total. The van der Waals surface area contributed by atoms with Crippen LogP contribution in [0.1, 0.15) is 58.3 Å². The lowest BCUT2D eigenvalue weighted by Crippen LogP contribution is -2.32. The van der Waals surface area contributed by atoms with Crippen LogP contribution in [0.15, 0.2) is 0 Å². The van der Waals surface area contributed by atoms with Gasteiger partial charge in [-0.1, -0.05) is 51.9 Å². The van der Waals surface area contributed by atoms with Gasteiger partial charge in [0, 0.05) is 6.54 Å². The highest BCUT2D eigenvalue weighted by Crippen LogP contribution is 2.08. The quantitative estimate of drug-likeness (QED) is 0.447. The van der Waals surface area contributed by atoms with E-state index in [0.717, 1.165) is 19.3 Å². The number of hydrogen-bond acceptors (Lipinski definition) is 2. The molecule has 0 bridgehead atoms. The van der Waals surface area contributed by atoms with Crippen LogP contribution in [0, 0.1) is 0 Å². The zero-order chi connectivity index (χ0) is 12.9. The molecule has 0 aliphatic heterocycles. The monoisotopic (exact) mass is 243 g/mol. The van der Waals surface area contributed by atoms with Gasteiger partial charge in [0.05, 0.1) is 6.54 Å². The minimum atomic E-state index is -1.000. The standard InChI is InChI=1S/C13H25NO3/c1-2-3-4-5-6-7-8-9-10-14(11-12-15)13(16)17/h12H,2-11H2,1H3,(H,16,17). The molecule has 1 amide bonds. The molecule has 0 saturated heterocycles. The Balaban J connectivity index is 3.36. The molecule has 0 aliphatic rings. The van der Waals surface area contributed by atoms with E-state index in [4.69, 9.17) is 5.11 Å². The van der Waals surface area contributed by atoms with Crippen LogP contribution < -0.4 is 0 Å². The van der Waals surface area contributed by atoms with Crippen molar-refractivity contribution in [3.05, 3.63) is 0 Å². The summed E-state index contributed by atoms with van der Waals surface area (Å²) < 4.78 is 0. The Labute approximate surface area is 104 Å². The molecule has 0 aromatic carbocycles. The zero-order valence-corrected chi connectivity index (χ0v) is 10.9. The van der Waals surface area contributed by atoms with Crippen molar-refractivity contribution in [2.24, 2.45) is 0 Å². The molecular weight excluding hydrogens is 218 g/mol. The van der Waals surface area contributed by atoms with Crippen molar-refractivity contribution in [1.29, 1.82) is 0 Å². The van der Waals surface area contributed by atoms with Gasteiger partial charge in [0.25, 0.3) is 0 Å². The molecule has 0 rings (SSSR count). The summed E-state index contributed by atoms with van der Waals surface area (Å²) in [5, 5.41) is 8.77. The summed E-state index contributed by atoms with van der Waals surface area (Å²) in [6.45, 7) is 2.67. The van der Waals surface area contributed by atoms with E-state index in [2.05, 4.69) is 6.92 Å². The molecule has 0 fully saturated rings. The molecule has 0 spiro atoms. The second-order valence-corrected chi connectivity index (χ2v) is 4.37. The van der Waals surface area contributed by atoms with Crippen LogP contribution in [-0.2, 0) is 4.79 Å². The summed E-state index contributed by atoms with van der Waals surface area (Å²) in [6.07, 6.45) is 9.11. The largest absolute Gasteiger partial charge is 0.465 e. The molecule has 17 heavy (non-hydrogen) atoms. The smallest absolute Gasteiger partial charge is 0.407 e. The fourth-order valence-electron chi connectivity index (χ4n) is 1.79. The summed E-state index contributed by atoms with van der Waals surface area (Å²) in [5.41, 5.74) is 0. The molecule has 0 atom stereocenters. The van der Waals surface area contributed by atoms with Crippen molar-refractivity contribution in [3.8, 4) is 0 Å². The molecule has 4 heteroatoms. The van der Waals surface area contributed by atoms with E-state index in [-0.39, 0.29) is 6.54 Å². The number of carbonyl (C=O) groups is 2. The molecule has 0 radical (unpaired) electrons. The van der Waals surface area contributed by atoms with E-state index in [9.17, 15) is 9.59 Å². The average molecular weight is 243 g/mol. The van der Waals surface area contributed by atoms with Gasteiger partial charge < -0.3 is 14.8 Å². The highest BCUT2D eigenvalue weighted by molar-refractivity contribution is 5.69. The number of rotatable bonds is 11. The van der Waals surface area contributed by atoms with Crippen molar-refractivity contribution in [2.75, 3.05) is 13.1 Å². The molecule has 0 heterocycles. The van der Waals surface area contributed by atoms with Gasteiger partial charge in [0.15, 0.2) is 0 Å². The summed E-state index contributed by atoms with van der Waals surface area (Å²) >= 11 is 0. The Morgan fingerprint density at radius 2 is 1.59 bits per heavy atom. The molecule has 0 aliphatic carbocycles. The van der Waals surface area contributed by atoms with Crippen LogP contribution in [0.3, 0.4) is 0 Å². The number of nitrogens with zero attached hydrogens (tertiary/aromatic N) is 1. The van der Waals surface area contributed by atoms with Crippen LogP contribution in [0.2, 0.25) is 0 Å². The average Bonchev–Trinajstić information content (AvgIpc) is 2.31. The number of unbranched alkanes of at least 4 members (excludes halogenated alkanes) is 7. The molecule has 100 valence electrons. The normalized spacial score (nSPS) is 10.2. The number of aldehydes is 1. The SMILES string of the molecule is CCCCCCCCCCN(CC=O)C(=O)O. The van der Waals surface area contributed by atoms with Crippen LogP contribution in [0.25, 0.3) is 0 Å². The zero-order valence-electron chi connectivity index (χ0n) is 10.9. The van der Waals surface area contributed by atoms with Crippen LogP contribution in [0.5, 0.6) is 0 Å². The molecular formula is C13H25NO3. The van der Waals surface area contributed by atoms with Gasteiger partial charge in [-0.2, -0.15) is 0 Å². The highest BCUT2D eigenvalue weighted by atomic mass is 16.4. The Morgan fingerprint density at radius 1 is 1.06 bits per heavy atom. The van der Waals surface area contributed by atoms with Crippen LogP contribution in [-0.4, -0.2) is 35.5 Å². The van der Waals surface area contributed by atoms with Crippen LogP contribution in [0.4, 0.5) is 4.79 Å². The molecule has 0 aromatic heterocycles. The highest BCUT2D eigenvalue weighted by Gasteiger charge is 2.09. The predicted octanol–water partition coefficient (Wildman–Crippen LogP) is 3.31. The molecule has 0 aromatic rings. The van der Waals surface area contributed by atoms with Gasteiger partial charge in [-0.25, -0.2) is 4.79 Å². The van der Waals surface area contributed by atoms with Gasteiger partial charge in [-0.15, -0.1) is 0 Å². The fraction of sp³-hybridized carbons (Fsp3) is 0.846. The van der Waals surface area contributed by atoms with Crippen molar-refractivity contribution >= 4 is 12.4 Å². The third-order valence-corrected chi connectivity index (χ3v) is 2.85. The maximum Gasteiger partial charge on any atom is 0.407 e. The fourth-order valence-corrected chi connectivity index (χ4v) is 1.79. The first-order chi connectivity index (χ1) is 8.22. The van der Waals surface area contributed by atoms with Crippen molar-refractivity contribution < 1.29 is 14.7 Å². The molecule has 0 saturated carbocycles. The number of amides is 1. The molecule has 4 nitrogen and oxygen atoms in total. The maximum atomic E-state index is 10.7.